The van der Waals surface area contributed by atoms with Gasteiger partial charge >= 0.3 is 0 Å². The van der Waals surface area contributed by atoms with Crippen LogP contribution in [0.15, 0.2) is 24.3 Å². The lowest BCUT2D eigenvalue weighted by Crippen LogP contribution is -2.34. The molecule has 0 heterocycles. The SMILES string of the molecule is CC(CCO)CNCC(O)COc1ccc(C#N)cc1. The third-order valence-corrected chi connectivity index (χ3v) is 2.92. The average molecular weight is 278 g/mol. The van der Waals surface area contributed by atoms with Crippen LogP contribution in [0.5, 0.6) is 5.75 Å². The Labute approximate surface area is 119 Å². The van der Waals surface area contributed by atoms with Gasteiger partial charge < -0.3 is 20.3 Å². The molecule has 3 N–H and O–H groups in total. The van der Waals surface area contributed by atoms with E-state index in [1.165, 1.54) is 0 Å². The number of nitrogens with one attached hydrogen (secondary N) is 1. The zero-order valence-electron chi connectivity index (χ0n) is 11.7. The molecule has 0 saturated heterocycles. The molecule has 1 aromatic rings. The second kappa shape index (κ2) is 9.32. The number of nitrogens with zero attached hydrogens (tertiary/aromatic N) is 1. The molecule has 0 amide bonds. The predicted octanol–water partition coefficient (Wildman–Crippen LogP) is 0.906. The van der Waals surface area contributed by atoms with Gasteiger partial charge in [-0.15, -0.1) is 0 Å². The topological polar surface area (TPSA) is 85.5 Å². The molecule has 2 unspecified atom stereocenters. The van der Waals surface area contributed by atoms with Crippen molar-refractivity contribution in [2.75, 3.05) is 26.3 Å². The maximum atomic E-state index is 9.76. The summed E-state index contributed by atoms with van der Waals surface area (Å²) in [5.41, 5.74) is 0.581. The van der Waals surface area contributed by atoms with Crippen LogP contribution in [0.3, 0.4) is 0 Å². The van der Waals surface area contributed by atoms with E-state index in [1.807, 2.05) is 13.0 Å². The van der Waals surface area contributed by atoms with E-state index in [4.69, 9.17) is 15.1 Å². The molecule has 0 aromatic heterocycles. The van der Waals surface area contributed by atoms with Crippen molar-refractivity contribution < 1.29 is 14.9 Å². The Bertz CT molecular complexity index is 414. The summed E-state index contributed by atoms with van der Waals surface area (Å²) in [7, 11) is 0. The summed E-state index contributed by atoms with van der Waals surface area (Å²) in [5, 5.41) is 30.4. The maximum absolute atomic E-state index is 9.76. The Morgan fingerprint density at radius 2 is 2.00 bits per heavy atom. The largest absolute Gasteiger partial charge is 0.491 e. The van der Waals surface area contributed by atoms with Crippen molar-refractivity contribution in [1.29, 1.82) is 5.26 Å². The molecule has 0 saturated carbocycles. The van der Waals surface area contributed by atoms with Crippen molar-refractivity contribution in [3.05, 3.63) is 29.8 Å². The number of hydrogen-bond acceptors (Lipinski definition) is 5. The van der Waals surface area contributed by atoms with Gasteiger partial charge in [-0.2, -0.15) is 5.26 Å². The molecule has 5 nitrogen and oxygen atoms in total. The van der Waals surface area contributed by atoms with Gasteiger partial charge in [0.25, 0.3) is 0 Å². The van der Waals surface area contributed by atoms with Crippen LogP contribution >= 0.6 is 0 Å². The van der Waals surface area contributed by atoms with Crippen LogP contribution < -0.4 is 10.1 Å². The second-order valence-electron chi connectivity index (χ2n) is 4.88. The molecule has 0 aliphatic rings. The van der Waals surface area contributed by atoms with Gasteiger partial charge in [0.2, 0.25) is 0 Å². The van der Waals surface area contributed by atoms with Crippen molar-refractivity contribution in [3.63, 3.8) is 0 Å². The third-order valence-electron chi connectivity index (χ3n) is 2.92. The Hall–Kier alpha value is -1.61. The molecule has 1 rings (SSSR count). The molecule has 0 fully saturated rings. The highest BCUT2D eigenvalue weighted by Gasteiger charge is 2.06. The van der Waals surface area contributed by atoms with Gasteiger partial charge in [-0.3, -0.25) is 0 Å². The Kier molecular flexibility index (Phi) is 7.66. The molecule has 0 spiro atoms. The second-order valence-corrected chi connectivity index (χ2v) is 4.88. The fourth-order valence-electron chi connectivity index (χ4n) is 1.70. The van der Waals surface area contributed by atoms with Crippen molar-refractivity contribution in [2.24, 2.45) is 5.92 Å². The molecule has 0 radical (unpaired) electrons. The van der Waals surface area contributed by atoms with Crippen molar-refractivity contribution >= 4 is 0 Å². The van der Waals surface area contributed by atoms with E-state index in [1.54, 1.807) is 24.3 Å². The molecule has 5 heteroatoms. The molecule has 0 bridgehead atoms. The molecule has 20 heavy (non-hydrogen) atoms. The van der Waals surface area contributed by atoms with Crippen LogP contribution in [-0.2, 0) is 0 Å². The van der Waals surface area contributed by atoms with Crippen molar-refractivity contribution in [3.8, 4) is 11.8 Å². The van der Waals surface area contributed by atoms with Crippen LogP contribution in [0.25, 0.3) is 0 Å². The number of hydrogen-bond donors (Lipinski definition) is 3. The van der Waals surface area contributed by atoms with Gasteiger partial charge in [-0.05, 0) is 43.1 Å². The van der Waals surface area contributed by atoms with E-state index in [0.717, 1.165) is 13.0 Å². The quantitative estimate of drug-likeness (QED) is 0.625. The summed E-state index contributed by atoms with van der Waals surface area (Å²) in [6, 6.07) is 8.81. The van der Waals surface area contributed by atoms with Gasteiger partial charge in [-0.25, -0.2) is 0 Å². The Balaban J connectivity index is 2.19. The van der Waals surface area contributed by atoms with Crippen LogP contribution in [0.4, 0.5) is 0 Å². The zero-order valence-corrected chi connectivity index (χ0v) is 11.7. The predicted molar refractivity (Wildman–Crippen MR) is 76.4 cm³/mol. The molecule has 1 aromatic carbocycles. The normalized spacial score (nSPS) is 13.5. The number of nitriles is 1. The molecule has 0 aliphatic carbocycles. The minimum atomic E-state index is -0.591. The highest BCUT2D eigenvalue weighted by molar-refractivity contribution is 5.34. The monoisotopic (exact) mass is 278 g/mol. The molecular formula is C15H22N2O3. The number of aliphatic hydroxyl groups excluding tert-OH is 2. The van der Waals surface area contributed by atoms with Crippen LogP contribution in [0, 0.1) is 17.2 Å². The van der Waals surface area contributed by atoms with E-state index >= 15 is 0 Å². The molecule has 0 aliphatic heterocycles. The fraction of sp³-hybridized carbons (Fsp3) is 0.533. The van der Waals surface area contributed by atoms with Crippen molar-refractivity contribution in [1.82, 2.24) is 5.32 Å². The molecule has 2 atom stereocenters. The number of benzene rings is 1. The maximum Gasteiger partial charge on any atom is 0.119 e. The van der Waals surface area contributed by atoms with Gasteiger partial charge in [0.05, 0.1) is 11.6 Å². The van der Waals surface area contributed by atoms with Crippen LogP contribution in [0.1, 0.15) is 18.9 Å². The van der Waals surface area contributed by atoms with Crippen molar-refractivity contribution in [2.45, 2.75) is 19.4 Å². The fourth-order valence-corrected chi connectivity index (χ4v) is 1.70. The summed E-state index contributed by atoms with van der Waals surface area (Å²) in [6.45, 7) is 3.64. The Morgan fingerprint density at radius 1 is 1.30 bits per heavy atom. The summed E-state index contributed by atoms with van der Waals surface area (Å²) in [6.07, 6.45) is 0.164. The average Bonchev–Trinajstić information content (AvgIpc) is 2.46. The minimum Gasteiger partial charge on any atom is -0.491 e. The van der Waals surface area contributed by atoms with E-state index in [0.29, 0.717) is 23.8 Å². The smallest absolute Gasteiger partial charge is 0.119 e. The van der Waals surface area contributed by atoms with Crippen LogP contribution in [0.2, 0.25) is 0 Å². The van der Waals surface area contributed by atoms with Gasteiger partial charge in [0.15, 0.2) is 0 Å². The number of rotatable bonds is 9. The van der Waals surface area contributed by atoms with E-state index < -0.39 is 6.10 Å². The van der Waals surface area contributed by atoms with Gasteiger partial charge in [0.1, 0.15) is 18.5 Å². The zero-order chi connectivity index (χ0) is 14.8. The first-order valence-corrected chi connectivity index (χ1v) is 6.78. The standard InChI is InChI=1S/C15H22N2O3/c1-12(6-7-18)9-17-10-14(19)11-20-15-4-2-13(8-16)3-5-15/h2-5,12,14,17-19H,6-7,9-11H2,1H3. The first-order valence-electron chi connectivity index (χ1n) is 6.78. The lowest BCUT2D eigenvalue weighted by molar-refractivity contribution is 0.105. The highest BCUT2D eigenvalue weighted by Crippen LogP contribution is 2.11. The molecule has 110 valence electrons. The lowest BCUT2D eigenvalue weighted by atomic mass is 10.1. The minimum absolute atomic E-state index is 0.188. The van der Waals surface area contributed by atoms with E-state index in [2.05, 4.69) is 5.32 Å². The first-order chi connectivity index (χ1) is 9.65. The van der Waals surface area contributed by atoms with E-state index in [-0.39, 0.29) is 13.2 Å². The summed E-state index contributed by atoms with van der Waals surface area (Å²) < 4.78 is 5.43. The van der Waals surface area contributed by atoms with Gasteiger partial charge in [-0.1, -0.05) is 6.92 Å². The molecular weight excluding hydrogens is 256 g/mol. The third kappa shape index (κ3) is 6.53. The Morgan fingerprint density at radius 3 is 2.60 bits per heavy atom. The summed E-state index contributed by atoms with van der Waals surface area (Å²) in [4.78, 5) is 0. The summed E-state index contributed by atoms with van der Waals surface area (Å²) >= 11 is 0. The lowest BCUT2D eigenvalue weighted by Gasteiger charge is -2.15. The highest BCUT2D eigenvalue weighted by atomic mass is 16.5. The van der Waals surface area contributed by atoms with Crippen LogP contribution in [-0.4, -0.2) is 42.6 Å². The van der Waals surface area contributed by atoms with Gasteiger partial charge in [0, 0.05) is 13.2 Å². The van der Waals surface area contributed by atoms with E-state index in [9.17, 15) is 5.11 Å². The summed E-state index contributed by atoms with van der Waals surface area (Å²) in [5.74, 6) is 1.02. The first kappa shape index (κ1) is 16.4. The number of ether oxygens (including phenoxy) is 1. The number of aliphatic hydroxyl groups is 2.